The molecule has 0 saturated heterocycles. The van der Waals surface area contributed by atoms with E-state index in [0.29, 0.717) is 11.7 Å². The van der Waals surface area contributed by atoms with E-state index >= 15 is 0 Å². The standard InChI is InChI=1S/2CH4O.2HI.Ti/c2*1-2;;;/h2*2H,1H3;2*1H;/q;;;;+2/p-2. The number of hydrogen-bond acceptors (Lipinski definition) is 2. The summed E-state index contributed by atoms with van der Waals surface area (Å²) in [5.41, 5.74) is 0. The maximum absolute atomic E-state index is 7.00. The molecule has 0 aromatic carbocycles. The zero-order valence-corrected chi connectivity index (χ0v) is 10.0. The van der Waals surface area contributed by atoms with E-state index in [0.717, 1.165) is 14.2 Å². The average molecular weight is 366 g/mol. The van der Waals surface area contributed by atoms with Gasteiger partial charge in [-0.25, -0.2) is 0 Å². The van der Waals surface area contributed by atoms with Gasteiger partial charge in [0.25, 0.3) is 0 Å². The molecule has 0 saturated carbocycles. The average Bonchev–Trinajstić information content (AvgIpc) is 1.78. The second kappa shape index (κ2) is 42.5. The first-order valence-electron chi connectivity index (χ1n) is 1.27. The molecule has 2 N–H and O–H groups in total. The van der Waals surface area contributed by atoms with Crippen molar-refractivity contribution in [3.8, 4) is 0 Å². The Balaban J connectivity index is -0.0000000360. The fourth-order valence-electron chi connectivity index (χ4n) is 0. The molecular weight excluding hydrogens is 358 g/mol. The number of aliphatic hydroxyl groups excluding tert-OH is 2. The SMILES string of the molecule is CO.CO.[I][Ti][I]. The summed E-state index contributed by atoms with van der Waals surface area (Å²) in [6.07, 6.45) is 0. The van der Waals surface area contributed by atoms with Gasteiger partial charge in [-0.2, -0.15) is 0 Å². The predicted molar refractivity (Wildman–Crippen MR) is 44.3 cm³/mol. The molecular formula is C2H8I2O2Ti. The van der Waals surface area contributed by atoms with Crippen molar-refractivity contribution in [3.63, 3.8) is 0 Å². The van der Waals surface area contributed by atoms with E-state index in [4.69, 9.17) is 10.2 Å². The minimum atomic E-state index is 0.440. The molecule has 2 nitrogen and oxygen atoms in total. The predicted octanol–water partition coefficient (Wildman–Crippen LogP) is 0.986. The fraction of sp³-hybridized carbons (Fsp3) is 1.00. The van der Waals surface area contributed by atoms with E-state index in [1.807, 2.05) is 0 Å². The van der Waals surface area contributed by atoms with Crippen LogP contribution < -0.4 is 0 Å². The number of aliphatic hydroxyl groups is 2. The molecule has 0 aromatic rings. The Morgan fingerprint density at radius 3 is 1.00 bits per heavy atom. The zero-order chi connectivity index (χ0) is 6.71. The fourth-order valence-corrected chi connectivity index (χ4v) is 0. The van der Waals surface area contributed by atoms with E-state index in [9.17, 15) is 0 Å². The molecule has 0 amide bonds. The van der Waals surface area contributed by atoms with Crippen molar-refractivity contribution in [3.05, 3.63) is 0 Å². The first-order valence-corrected chi connectivity index (χ1v) is 11.3. The quantitative estimate of drug-likeness (QED) is 0.496. The third kappa shape index (κ3) is 68.5. The number of halogens is 2. The maximum atomic E-state index is 7.00. The van der Waals surface area contributed by atoms with E-state index in [2.05, 4.69) is 38.4 Å². The van der Waals surface area contributed by atoms with Crippen LogP contribution in [0.25, 0.3) is 0 Å². The number of rotatable bonds is 0. The van der Waals surface area contributed by atoms with Crippen LogP contribution in [0.15, 0.2) is 0 Å². The molecule has 0 radical (unpaired) electrons. The molecule has 0 fully saturated rings. The molecule has 0 aromatic heterocycles. The van der Waals surface area contributed by atoms with Crippen molar-refractivity contribution in [2.24, 2.45) is 0 Å². The van der Waals surface area contributed by atoms with Gasteiger partial charge < -0.3 is 10.2 Å². The normalized spacial score (nSPS) is 3.71. The molecule has 0 bridgehead atoms. The van der Waals surface area contributed by atoms with Crippen molar-refractivity contribution < 1.29 is 21.9 Å². The Kier molecular flexibility index (Phi) is 97.5. The van der Waals surface area contributed by atoms with Crippen LogP contribution in [-0.2, 0) is 11.7 Å². The Hall–Kier alpha value is 2.09. The van der Waals surface area contributed by atoms with Crippen molar-refractivity contribution >= 4 is 38.4 Å². The van der Waals surface area contributed by atoms with E-state index in [-0.39, 0.29) is 0 Å². The topological polar surface area (TPSA) is 40.5 Å². The van der Waals surface area contributed by atoms with E-state index in [1.165, 1.54) is 0 Å². The van der Waals surface area contributed by atoms with Gasteiger partial charge in [0, 0.05) is 14.2 Å². The molecule has 7 heavy (non-hydrogen) atoms. The van der Waals surface area contributed by atoms with Gasteiger partial charge in [0.15, 0.2) is 0 Å². The summed E-state index contributed by atoms with van der Waals surface area (Å²) in [6.45, 7) is 0. The molecule has 0 aliphatic carbocycles. The molecule has 0 aliphatic heterocycles. The van der Waals surface area contributed by atoms with Gasteiger partial charge in [0.1, 0.15) is 0 Å². The molecule has 0 rings (SSSR count). The molecule has 0 aliphatic rings. The van der Waals surface area contributed by atoms with E-state index in [1.54, 1.807) is 0 Å². The Bertz CT molecular complexity index is 13.7. The summed E-state index contributed by atoms with van der Waals surface area (Å²) in [7, 11) is 2.00. The summed E-state index contributed by atoms with van der Waals surface area (Å²) < 4.78 is 0. The van der Waals surface area contributed by atoms with Gasteiger partial charge in [-0.1, -0.05) is 0 Å². The van der Waals surface area contributed by atoms with Crippen molar-refractivity contribution in [2.75, 3.05) is 14.2 Å². The second-order valence-corrected chi connectivity index (χ2v) is 13.3. The van der Waals surface area contributed by atoms with Crippen LogP contribution in [-0.4, -0.2) is 24.4 Å². The van der Waals surface area contributed by atoms with Crippen LogP contribution in [0.1, 0.15) is 0 Å². The molecule has 0 spiro atoms. The van der Waals surface area contributed by atoms with Crippen LogP contribution in [0, 0.1) is 0 Å². The van der Waals surface area contributed by atoms with Gasteiger partial charge in [-0.05, 0) is 0 Å². The van der Waals surface area contributed by atoms with Crippen LogP contribution >= 0.6 is 38.4 Å². The first-order chi connectivity index (χ1) is 3.41. The summed E-state index contributed by atoms with van der Waals surface area (Å²) >= 11 is 5.24. The number of hydrogen-bond donors (Lipinski definition) is 2. The van der Waals surface area contributed by atoms with Gasteiger partial charge in [-0.3, -0.25) is 0 Å². The molecule has 0 atom stereocenters. The van der Waals surface area contributed by atoms with Gasteiger partial charge in [-0.15, -0.1) is 0 Å². The first kappa shape index (κ1) is 16.0. The van der Waals surface area contributed by atoms with Gasteiger partial charge in [0.2, 0.25) is 0 Å². The zero-order valence-electron chi connectivity index (χ0n) is 4.15. The van der Waals surface area contributed by atoms with Crippen molar-refractivity contribution in [1.29, 1.82) is 0 Å². The van der Waals surface area contributed by atoms with E-state index < -0.39 is 0 Å². The Morgan fingerprint density at radius 2 is 1.00 bits per heavy atom. The molecule has 5 heteroatoms. The summed E-state index contributed by atoms with van der Waals surface area (Å²) in [6, 6.07) is 0. The van der Waals surface area contributed by atoms with Crippen molar-refractivity contribution in [1.82, 2.24) is 0 Å². The van der Waals surface area contributed by atoms with Crippen LogP contribution in [0.2, 0.25) is 0 Å². The third-order valence-corrected chi connectivity index (χ3v) is 0. The molecule has 0 unspecified atom stereocenters. The van der Waals surface area contributed by atoms with Crippen LogP contribution in [0.3, 0.4) is 0 Å². The summed E-state index contributed by atoms with van der Waals surface area (Å²) in [5.74, 6) is 0. The van der Waals surface area contributed by atoms with Crippen LogP contribution in [0.5, 0.6) is 0 Å². The van der Waals surface area contributed by atoms with Gasteiger partial charge in [0.05, 0.1) is 0 Å². The summed E-state index contributed by atoms with van der Waals surface area (Å²) in [5, 5.41) is 14.0. The molecule has 0 heterocycles. The monoisotopic (exact) mass is 366 g/mol. The van der Waals surface area contributed by atoms with Gasteiger partial charge >= 0.3 is 50.0 Å². The third-order valence-electron chi connectivity index (χ3n) is 0. The second-order valence-electron chi connectivity index (χ2n) is 0.0714. The molecule has 46 valence electrons. The minimum absolute atomic E-state index is 0.440. The Labute approximate surface area is 73.4 Å². The van der Waals surface area contributed by atoms with Crippen molar-refractivity contribution in [2.45, 2.75) is 0 Å². The van der Waals surface area contributed by atoms with Crippen LogP contribution in [0.4, 0.5) is 0 Å². The summed E-state index contributed by atoms with van der Waals surface area (Å²) in [4.78, 5) is 0. The Morgan fingerprint density at radius 1 is 1.00 bits per heavy atom.